The number of hydrogen-bond acceptors (Lipinski definition) is 2. The van der Waals surface area contributed by atoms with Crippen LogP contribution in [0.15, 0.2) is 10.7 Å². The zero-order valence-electron chi connectivity index (χ0n) is 7.18. The molecular formula is C8H5BrClF2NO2. The minimum absolute atomic E-state index is 0.126. The first kappa shape index (κ1) is 12.3. The van der Waals surface area contributed by atoms with E-state index < -0.39 is 23.5 Å². The largest absolute Gasteiger partial charge is 0.478 e. The first-order chi connectivity index (χ1) is 6.97. The Morgan fingerprint density at radius 2 is 2.27 bits per heavy atom. The fraction of sp³-hybridized carbons (Fsp3) is 0.250. The van der Waals surface area contributed by atoms with Crippen molar-refractivity contribution in [1.29, 1.82) is 0 Å². The molecule has 1 heterocycles. The van der Waals surface area contributed by atoms with E-state index in [0.29, 0.717) is 0 Å². The quantitative estimate of drug-likeness (QED) is 0.689. The van der Waals surface area contributed by atoms with Crippen molar-refractivity contribution in [3.8, 4) is 0 Å². The topological polar surface area (TPSA) is 50.2 Å². The van der Waals surface area contributed by atoms with Gasteiger partial charge in [-0.15, -0.1) is 11.6 Å². The van der Waals surface area contributed by atoms with Crippen LogP contribution in [0.5, 0.6) is 0 Å². The van der Waals surface area contributed by atoms with Crippen LogP contribution in [-0.4, -0.2) is 16.1 Å². The molecule has 3 nitrogen and oxygen atoms in total. The fourth-order valence-electron chi connectivity index (χ4n) is 1.10. The summed E-state index contributed by atoms with van der Waals surface area (Å²) in [6.07, 6.45) is -2.91. The summed E-state index contributed by atoms with van der Waals surface area (Å²) in [7, 11) is 0. The lowest BCUT2D eigenvalue weighted by molar-refractivity contribution is 0.0683. The average molecular weight is 300 g/mol. The Morgan fingerprint density at radius 1 is 1.67 bits per heavy atom. The highest BCUT2D eigenvalue weighted by Gasteiger charge is 2.23. The van der Waals surface area contributed by atoms with Gasteiger partial charge in [0.2, 0.25) is 0 Å². The second-order valence-electron chi connectivity index (χ2n) is 2.59. The predicted molar refractivity (Wildman–Crippen MR) is 53.4 cm³/mol. The second-order valence-corrected chi connectivity index (χ2v) is 3.67. The molecule has 0 amide bonds. The Kier molecular flexibility index (Phi) is 3.98. The third-order valence-corrected chi connectivity index (χ3v) is 2.34. The number of nitrogens with zero attached hydrogens (tertiary/aromatic N) is 1. The maximum atomic E-state index is 12.6. The monoisotopic (exact) mass is 299 g/mol. The Bertz CT molecular complexity index is 400. The molecule has 0 atom stereocenters. The van der Waals surface area contributed by atoms with Gasteiger partial charge in [-0.1, -0.05) is 0 Å². The molecular weight excluding hydrogens is 295 g/mol. The Morgan fingerprint density at radius 3 is 2.67 bits per heavy atom. The standard InChI is InChI=1S/C8H5BrClF2NO2/c9-5-1-3(8(14)15)6(7(11)12)4(2-10)13-5/h1,7H,2H2,(H,14,15). The number of carboxylic acid groups (broad SMARTS) is 1. The SMILES string of the molecule is O=C(O)c1cc(Br)nc(CCl)c1C(F)F. The molecule has 1 aromatic rings. The zero-order chi connectivity index (χ0) is 11.6. The third-order valence-electron chi connectivity index (χ3n) is 1.68. The molecule has 0 saturated heterocycles. The van der Waals surface area contributed by atoms with Crippen molar-refractivity contribution in [3.05, 3.63) is 27.5 Å². The molecule has 0 unspecified atom stereocenters. The van der Waals surface area contributed by atoms with Crippen LogP contribution < -0.4 is 0 Å². The molecule has 15 heavy (non-hydrogen) atoms. The van der Waals surface area contributed by atoms with Crippen molar-refractivity contribution >= 4 is 33.5 Å². The number of alkyl halides is 3. The molecule has 7 heteroatoms. The van der Waals surface area contributed by atoms with Crippen LogP contribution in [-0.2, 0) is 5.88 Å². The molecule has 0 bridgehead atoms. The van der Waals surface area contributed by atoms with Gasteiger partial charge in [0, 0.05) is 0 Å². The first-order valence-electron chi connectivity index (χ1n) is 3.74. The number of halogens is 4. The number of aromatic nitrogens is 1. The summed E-state index contributed by atoms with van der Waals surface area (Å²) >= 11 is 8.34. The van der Waals surface area contributed by atoms with E-state index in [0.717, 1.165) is 6.07 Å². The molecule has 0 radical (unpaired) electrons. The summed E-state index contributed by atoms with van der Waals surface area (Å²) in [5.74, 6) is -1.70. The average Bonchev–Trinajstić information content (AvgIpc) is 2.15. The molecule has 0 aromatic carbocycles. The maximum Gasteiger partial charge on any atom is 0.336 e. The van der Waals surface area contributed by atoms with Crippen LogP contribution >= 0.6 is 27.5 Å². The maximum absolute atomic E-state index is 12.6. The summed E-state index contributed by atoms with van der Waals surface area (Å²) in [6, 6.07) is 1.03. The molecule has 0 spiro atoms. The van der Waals surface area contributed by atoms with Gasteiger partial charge in [-0.25, -0.2) is 18.6 Å². The Labute approximate surface area is 97.2 Å². The van der Waals surface area contributed by atoms with E-state index in [9.17, 15) is 13.6 Å². The van der Waals surface area contributed by atoms with Crippen LogP contribution in [0.2, 0.25) is 0 Å². The molecule has 0 aliphatic heterocycles. The molecule has 0 aliphatic carbocycles. The molecule has 0 aliphatic rings. The van der Waals surface area contributed by atoms with E-state index in [1.54, 1.807) is 0 Å². The van der Waals surface area contributed by atoms with Crippen molar-refractivity contribution in [1.82, 2.24) is 4.98 Å². The molecule has 1 aromatic heterocycles. The minimum Gasteiger partial charge on any atom is -0.478 e. The molecule has 1 N–H and O–H groups in total. The predicted octanol–water partition coefficient (Wildman–Crippen LogP) is 3.22. The van der Waals surface area contributed by atoms with Crippen LogP contribution in [0.1, 0.15) is 28.0 Å². The van der Waals surface area contributed by atoms with Crippen molar-refractivity contribution in [2.45, 2.75) is 12.3 Å². The van der Waals surface area contributed by atoms with Gasteiger partial charge in [0.15, 0.2) is 0 Å². The number of aromatic carboxylic acids is 1. The lowest BCUT2D eigenvalue weighted by Crippen LogP contribution is -2.08. The van der Waals surface area contributed by atoms with Gasteiger partial charge in [-0.05, 0) is 22.0 Å². The summed E-state index contributed by atoms with van der Waals surface area (Å²) < 4.78 is 25.3. The third kappa shape index (κ3) is 2.63. The Hall–Kier alpha value is -0.750. The molecule has 0 saturated carbocycles. The highest BCUT2D eigenvalue weighted by Crippen LogP contribution is 2.28. The fourth-order valence-corrected chi connectivity index (χ4v) is 1.74. The normalized spacial score (nSPS) is 10.7. The van der Waals surface area contributed by atoms with Crippen LogP contribution in [0.4, 0.5) is 8.78 Å². The van der Waals surface area contributed by atoms with Crippen LogP contribution in [0.25, 0.3) is 0 Å². The summed E-state index contributed by atoms with van der Waals surface area (Å²) in [5, 5.41) is 8.73. The van der Waals surface area contributed by atoms with E-state index in [2.05, 4.69) is 20.9 Å². The molecule has 1 rings (SSSR count). The highest BCUT2D eigenvalue weighted by atomic mass is 79.9. The number of rotatable bonds is 3. The summed E-state index contributed by atoms with van der Waals surface area (Å²) in [5.41, 5.74) is -1.23. The van der Waals surface area contributed by atoms with Crippen molar-refractivity contribution in [2.24, 2.45) is 0 Å². The first-order valence-corrected chi connectivity index (χ1v) is 5.06. The van der Waals surface area contributed by atoms with E-state index in [1.807, 2.05) is 0 Å². The van der Waals surface area contributed by atoms with Crippen molar-refractivity contribution < 1.29 is 18.7 Å². The van der Waals surface area contributed by atoms with E-state index in [4.69, 9.17) is 16.7 Å². The lowest BCUT2D eigenvalue weighted by atomic mass is 10.1. The molecule has 0 fully saturated rings. The van der Waals surface area contributed by atoms with Gasteiger partial charge in [0.25, 0.3) is 6.43 Å². The van der Waals surface area contributed by atoms with Crippen molar-refractivity contribution in [2.75, 3.05) is 0 Å². The smallest absolute Gasteiger partial charge is 0.336 e. The number of carbonyl (C=O) groups is 1. The van der Waals surface area contributed by atoms with E-state index in [-0.39, 0.29) is 16.2 Å². The number of carboxylic acids is 1. The zero-order valence-corrected chi connectivity index (χ0v) is 9.52. The van der Waals surface area contributed by atoms with Crippen LogP contribution in [0.3, 0.4) is 0 Å². The highest BCUT2D eigenvalue weighted by molar-refractivity contribution is 9.10. The molecule has 82 valence electrons. The summed E-state index contributed by atoms with van der Waals surface area (Å²) in [4.78, 5) is 14.4. The van der Waals surface area contributed by atoms with E-state index in [1.165, 1.54) is 0 Å². The van der Waals surface area contributed by atoms with Crippen LogP contribution in [0, 0.1) is 0 Å². The van der Waals surface area contributed by atoms with Gasteiger partial charge in [-0.3, -0.25) is 0 Å². The number of hydrogen-bond donors (Lipinski definition) is 1. The van der Waals surface area contributed by atoms with Gasteiger partial charge in [0.05, 0.1) is 22.7 Å². The van der Waals surface area contributed by atoms with Gasteiger partial charge >= 0.3 is 5.97 Å². The summed E-state index contributed by atoms with van der Waals surface area (Å²) in [6.45, 7) is 0. The second kappa shape index (κ2) is 4.85. The Balaban J connectivity index is 3.47. The number of pyridine rings is 1. The lowest BCUT2D eigenvalue weighted by Gasteiger charge is -2.09. The van der Waals surface area contributed by atoms with Gasteiger partial charge in [-0.2, -0.15) is 0 Å². The van der Waals surface area contributed by atoms with Crippen molar-refractivity contribution in [3.63, 3.8) is 0 Å². The van der Waals surface area contributed by atoms with Gasteiger partial charge < -0.3 is 5.11 Å². The minimum atomic E-state index is -2.91. The van der Waals surface area contributed by atoms with E-state index >= 15 is 0 Å². The van der Waals surface area contributed by atoms with Gasteiger partial charge in [0.1, 0.15) is 4.60 Å².